The molecule has 1 saturated heterocycles. The van der Waals surface area contributed by atoms with Crippen molar-refractivity contribution in [3.8, 4) is 0 Å². The van der Waals surface area contributed by atoms with E-state index in [0.29, 0.717) is 23.9 Å². The van der Waals surface area contributed by atoms with Gasteiger partial charge in [-0.3, -0.25) is 14.5 Å². The van der Waals surface area contributed by atoms with Crippen molar-refractivity contribution in [2.45, 2.75) is 39.8 Å². The lowest BCUT2D eigenvalue weighted by molar-refractivity contribution is -0.125. The molecule has 1 aliphatic heterocycles. The first-order chi connectivity index (χ1) is 12.4. The van der Waals surface area contributed by atoms with Crippen LogP contribution in [0.5, 0.6) is 0 Å². The number of hydrogen-bond donors (Lipinski definition) is 2. The Labute approximate surface area is 160 Å². The normalized spacial score (nSPS) is 19.5. The molecule has 2 amide bonds. The fraction of sp³-hybridized carbons (Fsp3) is 0.684. The van der Waals surface area contributed by atoms with Gasteiger partial charge in [0.1, 0.15) is 6.04 Å². The van der Waals surface area contributed by atoms with Gasteiger partial charge in [-0.1, -0.05) is 33.8 Å². The van der Waals surface area contributed by atoms with Crippen LogP contribution in [0.4, 0.5) is 0 Å². The molecule has 1 aliphatic rings. The summed E-state index contributed by atoms with van der Waals surface area (Å²) in [5, 5.41) is 7.66. The van der Waals surface area contributed by atoms with Gasteiger partial charge in [-0.05, 0) is 23.3 Å². The summed E-state index contributed by atoms with van der Waals surface area (Å²) in [7, 11) is 0. The summed E-state index contributed by atoms with van der Waals surface area (Å²) >= 11 is 1.37. The monoisotopic (exact) mass is 381 g/mol. The second-order valence-electron chi connectivity index (χ2n) is 7.56. The maximum atomic E-state index is 12.6. The van der Waals surface area contributed by atoms with E-state index in [0.717, 1.165) is 19.6 Å². The molecule has 7 heteroatoms. The molecule has 0 radical (unpaired) electrons. The summed E-state index contributed by atoms with van der Waals surface area (Å²) in [5.41, 5.74) is 0. The highest BCUT2D eigenvalue weighted by molar-refractivity contribution is 7.12. The minimum Gasteiger partial charge on any atom is -0.374 e. The molecule has 1 aromatic heterocycles. The number of carbonyl (C=O) groups is 2. The number of amides is 2. The Bertz CT molecular complexity index is 575. The third-order valence-corrected chi connectivity index (χ3v) is 5.20. The highest BCUT2D eigenvalue weighted by atomic mass is 32.1. The summed E-state index contributed by atoms with van der Waals surface area (Å²) in [6.45, 7) is 12.2. The van der Waals surface area contributed by atoms with E-state index in [2.05, 4.69) is 29.4 Å². The SMILES string of the molecule is CC(C)CN1CCOC(CNC(=O)C(NC(=O)c2cccs2)C(C)C)C1. The molecule has 26 heavy (non-hydrogen) atoms. The predicted molar refractivity (Wildman–Crippen MR) is 104 cm³/mol. The second-order valence-corrected chi connectivity index (χ2v) is 8.51. The number of hydrogen-bond acceptors (Lipinski definition) is 5. The molecule has 0 bridgehead atoms. The summed E-state index contributed by atoms with van der Waals surface area (Å²) < 4.78 is 5.78. The highest BCUT2D eigenvalue weighted by Crippen LogP contribution is 2.11. The van der Waals surface area contributed by atoms with Crippen LogP contribution in [0.2, 0.25) is 0 Å². The number of ether oxygens (including phenoxy) is 1. The number of nitrogens with zero attached hydrogens (tertiary/aromatic N) is 1. The summed E-state index contributed by atoms with van der Waals surface area (Å²) in [5.74, 6) is 0.255. The molecule has 0 saturated carbocycles. The molecule has 0 aliphatic carbocycles. The molecule has 0 aromatic carbocycles. The molecular weight excluding hydrogens is 350 g/mol. The molecule has 2 rings (SSSR count). The highest BCUT2D eigenvalue weighted by Gasteiger charge is 2.27. The van der Waals surface area contributed by atoms with Crippen LogP contribution in [0, 0.1) is 11.8 Å². The van der Waals surface area contributed by atoms with Crippen molar-refractivity contribution in [3.05, 3.63) is 22.4 Å². The van der Waals surface area contributed by atoms with Crippen LogP contribution < -0.4 is 10.6 Å². The average Bonchev–Trinajstić information content (AvgIpc) is 3.11. The Kier molecular flexibility index (Phi) is 8.06. The van der Waals surface area contributed by atoms with E-state index in [1.54, 1.807) is 6.07 Å². The topological polar surface area (TPSA) is 70.7 Å². The van der Waals surface area contributed by atoms with Gasteiger partial charge in [0.2, 0.25) is 5.91 Å². The van der Waals surface area contributed by atoms with Gasteiger partial charge in [0.25, 0.3) is 5.91 Å². The van der Waals surface area contributed by atoms with Crippen LogP contribution in [0.1, 0.15) is 37.4 Å². The Hall–Kier alpha value is -1.44. The average molecular weight is 382 g/mol. The minimum atomic E-state index is -0.556. The van der Waals surface area contributed by atoms with Crippen molar-refractivity contribution in [2.75, 3.05) is 32.8 Å². The summed E-state index contributed by atoms with van der Waals surface area (Å²) in [6, 6.07) is 3.03. The van der Waals surface area contributed by atoms with E-state index < -0.39 is 6.04 Å². The van der Waals surface area contributed by atoms with Gasteiger partial charge >= 0.3 is 0 Å². The maximum Gasteiger partial charge on any atom is 0.262 e. The van der Waals surface area contributed by atoms with Crippen LogP contribution >= 0.6 is 11.3 Å². The summed E-state index contributed by atoms with van der Waals surface area (Å²) in [4.78, 5) is 27.9. The van der Waals surface area contributed by atoms with E-state index in [-0.39, 0.29) is 23.8 Å². The number of nitrogens with one attached hydrogen (secondary N) is 2. The van der Waals surface area contributed by atoms with Crippen molar-refractivity contribution in [3.63, 3.8) is 0 Å². The first-order valence-electron chi connectivity index (χ1n) is 9.32. The number of thiophene rings is 1. The number of morpholine rings is 1. The van der Waals surface area contributed by atoms with Crippen LogP contribution in [0.25, 0.3) is 0 Å². The Morgan fingerprint density at radius 3 is 2.73 bits per heavy atom. The van der Waals surface area contributed by atoms with Crippen LogP contribution in [-0.4, -0.2) is 61.6 Å². The van der Waals surface area contributed by atoms with E-state index in [1.807, 2.05) is 25.3 Å². The lowest BCUT2D eigenvalue weighted by Gasteiger charge is -2.34. The van der Waals surface area contributed by atoms with Gasteiger partial charge in [-0.25, -0.2) is 0 Å². The zero-order valence-corrected chi connectivity index (χ0v) is 17.0. The number of rotatable bonds is 8. The second kappa shape index (κ2) is 10.0. The Balaban J connectivity index is 1.84. The zero-order chi connectivity index (χ0) is 19.1. The third kappa shape index (κ3) is 6.37. The van der Waals surface area contributed by atoms with Crippen molar-refractivity contribution in [1.29, 1.82) is 0 Å². The maximum absolute atomic E-state index is 12.6. The smallest absolute Gasteiger partial charge is 0.262 e. The van der Waals surface area contributed by atoms with Crippen LogP contribution in [0.15, 0.2) is 17.5 Å². The van der Waals surface area contributed by atoms with Crippen molar-refractivity contribution in [1.82, 2.24) is 15.5 Å². The van der Waals surface area contributed by atoms with Gasteiger partial charge in [-0.2, -0.15) is 0 Å². The standard InChI is InChI=1S/C19H31N3O3S/c1-13(2)11-22-7-8-25-15(12-22)10-20-19(24)17(14(3)4)21-18(23)16-6-5-9-26-16/h5-6,9,13-15,17H,7-8,10-12H2,1-4H3,(H,20,24)(H,21,23). The van der Waals surface area contributed by atoms with E-state index in [1.165, 1.54) is 11.3 Å². The first-order valence-corrected chi connectivity index (χ1v) is 10.2. The third-order valence-electron chi connectivity index (χ3n) is 4.33. The minimum absolute atomic E-state index is 0.00336. The molecule has 2 N–H and O–H groups in total. The molecular formula is C19H31N3O3S. The molecule has 1 aromatic rings. The Morgan fingerprint density at radius 1 is 1.35 bits per heavy atom. The fourth-order valence-electron chi connectivity index (χ4n) is 3.07. The van der Waals surface area contributed by atoms with E-state index >= 15 is 0 Å². The van der Waals surface area contributed by atoms with E-state index in [9.17, 15) is 9.59 Å². The largest absolute Gasteiger partial charge is 0.374 e. The molecule has 6 nitrogen and oxygen atoms in total. The van der Waals surface area contributed by atoms with E-state index in [4.69, 9.17) is 4.74 Å². The molecule has 2 atom stereocenters. The predicted octanol–water partition coefficient (Wildman–Crippen LogP) is 1.98. The van der Waals surface area contributed by atoms with Crippen molar-refractivity contribution < 1.29 is 14.3 Å². The van der Waals surface area contributed by atoms with Gasteiger partial charge in [0, 0.05) is 26.2 Å². The van der Waals surface area contributed by atoms with Crippen LogP contribution in [-0.2, 0) is 9.53 Å². The zero-order valence-electron chi connectivity index (χ0n) is 16.2. The number of carbonyl (C=O) groups excluding carboxylic acids is 2. The van der Waals surface area contributed by atoms with Gasteiger partial charge in [-0.15, -0.1) is 11.3 Å². The van der Waals surface area contributed by atoms with Gasteiger partial charge < -0.3 is 15.4 Å². The molecule has 0 spiro atoms. The molecule has 2 heterocycles. The van der Waals surface area contributed by atoms with Crippen LogP contribution in [0.3, 0.4) is 0 Å². The molecule has 146 valence electrons. The Morgan fingerprint density at radius 2 is 2.12 bits per heavy atom. The van der Waals surface area contributed by atoms with Crippen molar-refractivity contribution in [2.24, 2.45) is 11.8 Å². The van der Waals surface area contributed by atoms with Gasteiger partial charge in [0.05, 0.1) is 17.6 Å². The quantitative estimate of drug-likeness (QED) is 0.722. The fourth-order valence-corrected chi connectivity index (χ4v) is 3.69. The van der Waals surface area contributed by atoms with Gasteiger partial charge in [0.15, 0.2) is 0 Å². The lowest BCUT2D eigenvalue weighted by atomic mass is 10.0. The van der Waals surface area contributed by atoms with Crippen molar-refractivity contribution >= 4 is 23.2 Å². The molecule has 1 fully saturated rings. The lowest BCUT2D eigenvalue weighted by Crippen LogP contribution is -2.53. The first kappa shape index (κ1) is 20.9. The summed E-state index contributed by atoms with van der Waals surface area (Å²) in [6.07, 6.45) is -0.00717. The molecule has 2 unspecified atom stereocenters.